The highest BCUT2D eigenvalue weighted by Crippen LogP contribution is 2.31. The van der Waals surface area contributed by atoms with Crippen LogP contribution < -0.4 is 4.74 Å². The molecule has 0 aromatic heterocycles. The van der Waals surface area contributed by atoms with Gasteiger partial charge in [-0.1, -0.05) is 6.07 Å². The average Bonchev–Trinajstić information content (AvgIpc) is 2.17. The lowest BCUT2D eigenvalue weighted by molar-refractivity contribution is -0.142. The maximum absolute atomic E-state index is 11.0. The highest BCUT2D eigenvalue weighted by molar-refractivity contribution is 9.10. The van der Waals surface area contributed by atoms with Gasteiger partial charge in [0.25, 0.3) is 0 Å². The Morgan fingerprint density at radius 3 is 2.47 bits per heavy atom. The number of carboxylic acid groups (broad SMARTS) is 1. The number of ether oxygens (including phenoxy) is 1. The molecule has 1 N–H and O–H groups in total. The van der Waals surface area contributed by atoms with Crippen molar-refractivity contribution in [3.8, 4) is 5.75 Å². The number of benzene rings is 1. The highest BCUT2D eigenvalue weighted by Gasteiger charge is 2.29. The third kappa shape index (κ3) is 2.31. The number of methoxy groups -OCH3 is 1. The number of carboxylic acids is 1. The Hall–Kier alpha value is -1.03. The van der Waals surface area contributed by atoms with Gasteiger partial charge < -0.3 is 9.84 Å². The van der Waals surface area contributed by atoms with Crippen molar-refractivity contribution >= 4 is 21.9 Å². The Kier molecular flexibility index (Phi) is 3.39. The Morgan fingerprint density at radius 2 is 2.07 bits per heavy atom. The smallest absolute Gasteiger partial charge is 0.313 e. The van der Waals surface area contributed by atoms with Gasteiger partial charge in [-0.15, -0.1) is 0 Å². The average molecular weight is 273 g/mol. The van der Waals surface area contributed by atoms with E-state index in [1.165, 1.54) is 0 Å². The number of rotatable bonds is 3. The Bertz CT molecular complexity index is 385. The monoisotopic (exact) mass is 272 g/mol. The van der Waals surface area contributed by atoms with E-state index in [2.05, 4.69) is 15.9 Å². The SMILES string of the molecule is COc1ccc(C(C)(C)C(=O)O)cc1Br. The van der Waals surface area contributed by atoms with Gasteiger partial charge in [0, 0.05) is 0 Å². The first-order valence-electron chi connectivity index (χ1n) is 4.47. The fourth-order valence-corrected chi connectivity index (χ4v) is 1.72. The molecule has 0 saturated carbocycles. The molecule has 1 rings (SSSR count). The molecule has 0 fully saturated rings. The molecule has 0 aliphatic rings. The van der Waals surface area contributed by atoms with Gasteiger partial charge in [0.05, 0.1) is 17.0 Å². The molecule has 3 nitrogen and oxygen atoms in total. The van der Waals surface area contributed by atoms with Crippen LogP contribution in [0.5, 0.6) is 5.75 Å². The summed E-state index contributed by atoms with van der Waals surface area (Å²) in [5.74, 6) is -0.153. The quantitative estimate of drug-likeness (QED) is 0.921. The Balaban J connectivity index is 3.18. The van der Waals surface area contributed by atoms with Crippen molar-refractivity contribution in [1.29, 1.82) is 0 Å². The van der Waals surface area contributed by atoms with Gasteiger partial charge in [-0.05, 0) is 47.5 Å². The first-order chi connectivity index (χ1) is 6.89. The molecule has 0 bridgehead atoms. The van der Waals surface area contributed by atoms with Crippen molar-refractivity contribution in [2.24, 2.45) is 0 Å². The van der Waals surface area contributed by atoms with E-state index in [4.69, 9.17) is 9.84 Å². The summed E-state index contributed by atoms with van der Waals surface area (Å²) in [7, 11) is 1.57. The predicted molar refractivity (Wildman–Crippen MR) is 61.4 cm³/mol. The van der Waals surface area contributed by atoms with E-state index in [-0.39, 0.29) is 0 Å². The van der Waals surface area contributed by atoms with Crippen molar-refractivity contribution < 1.29 is 14.6 Å². The van der Waals surface area contributed by atoms with Crippen LogP contribution in [-0.2, 0) is 10.2 Å². The van der Waals surface area contributed by atoms with Crippen LogP contribution in [0.25, 0.3) is 0 Å². The van der Waals surface area contributed by atoms with Crippen LogP contribution >= 0.6 is 15.9 Å². The lowest BCUT2D eigenvalue weighted by Crippen LogP contribution is -2.28. The number of hydrogen-bond acceptors (Lipinski definition) is 2. The zero-order valence-electron chi connectivity index (χ0n) is 8.87. The van der Waals surface area contributed by atoms with Crippen LogP contribution in [0.3, 0.4) is 0 Å². The summed E-state index contributed by atoms with van der Waals surface area (Å²) in [6, 6.07) is 5.29. The number of carbonyl (C=O) groups is 1. The number of aliphatic carboxylic acids is 1. The van der Waals surface area contributed by atoms with Crippen LogP contribution in [0.4, 0.5) is 0 Å². The second kappa shape index (κ2) is 4.23. The largest absolute Gasteiger partial charge is 0.496 e. The van der Waals surface area contributed by atoms with Crippen molar-refractivity contribution in [2.45, 2.75) is 19.3 Å². The molecule has 0 atom stereocenters. The highest BCUT2D eigenvalue weighted by atomic mass is 79.9. The molecule has 1 aromatic rings. The molecule has 1 aromatic carbocycles. The second-order valence-electron chi connectivity index (χ2n) is 3.78. The number of hydrogen-bond donors (Lipinski definition) is 1. The molecule has 0 spiro atoms. The maximum atomic E-state index is 11.0. The lowest BCUT2D eigenvalue weighted by atomic mass is 9.85. The van der Waals surface area contributed by atoms with E-state index < -0.39 is 11.4 Å². The zero-order chi connectivity index (χ0) is 11.6. The normalized spacial score (nSPS) is 11.2. The molecule has 0 unspecified atom stereocenters. The van der Waals surface area contributed by atoms with Gasteiger partial charge in [-0.2, -0.15) is 0 Å². The predicted octanol–water partition coefficient (Wildman–Crippen LogP) is 2.82. The second-order valence-corrected chi connectivity index (χ2v) is 4.63. The zero-order valence-corrected chi connectivity index (χ0v) is 10.5. The first-order valence-corrected chi connectivity index (χ1v) is 5.26. The Morgan fingerprint density at radius 1 is 1.47 bits per heavy atom. The van der Waals surface area contributed by atoms with Crippen LogP contribution in [0.2, 0.25) is 0 Å². The van der Waals surface area contributed by atoms with Crippen LogP contribution in [-0.4, -0.2) is 18.2 Å². The van der Waals surface area contributed by atoms with Crippen molar-refractivity contribution in [3.05, 3.63) is 28.2 Å². The fraction of sp³-hybridized carbons (Fsp3) is 0.364. The number of halogens is 1. The minimum absolute atomic E-state index is 0.694. The Labute approximate surface area is 97.2 Å². The molecule has 4 heteroatoms. The first kappa shape index (κ1) is 12.0. The van der Waals surface area contributed by atoms with Crippen LogP contribution in [0.15, 0.2) is 22.7 Å². The van der Waals surface area contributed by atoms with E-state index in [1.54, 1.807) is 39.2 Å². The van der Waals surface area contributed by atoms with Gasteiger partial charge in [-0.3, -0.25) is 4.79 Å². The molecular formula is C11H13BrO3. The minimum atomic E-state index is -0.894. The summed E-state index contributed by atoms with van der Waals surface area (Å²) in [4.78, 5) is 11.0. The summed E-state index contributed by atoms with van der Waals surface area (Å²) in [6.07, 6.45) is 0. The van der Waals surface area contributed by atoms with Gasteiger partial charge >= 0.3 is 5.97 Å². The molecule has 0 aliphatic heterocycles. The minimum Gasteiger partial charge on any atom is -0.496 e. The van der Waals surface area contributed by atoms with E-state index in [0.717, 1.165) is 10.0 Å². The summed E-state index contributed by atoms with van der Waals surface area (Å²) >= 11 is 3.33. The van der Waals surface area contributed by atoms with Crippen LogP contribution in [0, 0.1) is 0 Å². The maximum Gasteiger partial charge on any atom is 0.313 e. The summed E-state index contributed by atoms with van der Waals surface area (Å²) in [5, 5.41) is 9.07. The van der Waals surface area contributed by atoms with E-state index in [0.29, 0.717) is 5.75 Å². The molecule has 0 amide bonds. The molecule has 0 radical (unpaired) electrons. The van der Waals surface area contributed by atoms with Crippen LogP contribution in [0.1, 0.15) is 19.4 Å². The molecule has 0 saturated heterocycles. The summed E-state index contributed by atoms with van der Waals surface area (Å²) in [5.41, 5.74) is -0.155. The van der Waals surface area contributed by atoms with E-state index >= 15 is 0 Å². The molecular weight excluding hydrogens is 260 g/mol. The molecule has 15 heavy (non-hydrogen) atoms. The molecule has 0 heterocycles. The standard InChI is InChI=1S/C11H13BrO3/c1-11(2,10(13)14)7-4-5-9(15-3)8(12)6-7/h4-6H,1-3H3,(H,13,14). The van der Waals surface area contributed by atoms with Gasteiger partial charge in [0.2, 0.25) is 0 Å². The van der Waals surface area contributed by atoms with Gasteiger partial charge in [0.15, 0.2) is 0 Å². The molecule has 0 aliphatic carbocycles. The lowest BCUT2D eigenvalue weighted by Gasteiger charge is -2.20. The topological polar surface area (TPSA) is 46.5 Å². The van der Waals surface area contributed by atoms with Gasteiger partial charge in [-0.25, -0.2) is 0 Å². The summed E-state index contributed by atoms with van der Waals surface area (Å²) < 4.78 is 5.84. The molecule has 82 valence electrons. The van der Waals surface area contributed by atoms with E-state index in [9.17, 15) is 4.79 Å². The van der Waals surface area contributed by atoms with Crippen molar-refractivity contribution in [3.63, 3.8) is 0 Å². The van der Waals surface area contributed by atoms with Crippen molar-refractivity contribution in [2.75, 3.05) is 7.11 Å². The van der Waals surface area contributed by atoms with Gasteiger partial charge in [0.1, 0.15) is 5.75 Å². The fourth-order valence-electron chi connectivity index (χ4n) is 1.18. The summed E-state index contributed by atoms with van der Waals surface area (Å²) in [6.45, 7) is 3.34. The van der Waals surface area contributed by atoms with Crippen molar-refractivity contribution in [1.82, 2.24) is 0 Å². The third-order valence-electron chi connectivity index (χ3n) is 2.41. The van der Waals surface area contributed by atoms with E-state index in [1.807, 2.05) is 0 Å². The third-order valence-corrected chi connectivity index (χ3v) is 3.03.